The van der Waals surface area contributed by atoms with Gasteiger partial charge in [-0.05, 0) is 110 Å². The highest BCUT2D eigenvalue weighted by molar-refractivity contribution is 9.10. The number of pyridine rings is 1. The highest BCUT2D eigenvalue weighted by atomic mass is 79.9. The second-order valence-corrected chi connectivity index (χ2v) is 16.8. The van der Waals surface area contributed by atoms with Crippen molar-refractivity contribution >= 4 is 33.6 Å². The Labute approximate surface area is 347 Å². The fourth-order valence-electron chi connectivity index (χ4n) is 8.41. The first-order valence-corrected chi connectivity index (χ1v) is 19.9. The van der Waals surface area contributed by atoms with Crippen molar-refractivity contribution in [1.29, 1.82) is 0 Å². The molecule has 0 radical (unpaired) electrons. The summed E-state index contributed by atoms with van der Waals surface area (Å²) in [6.07, 6.45) is -5.40. The molecule has 4 aromatic rings. The predicted molar refractivity (Wildman–Crippen MR) is 213 cm³/mol. The number of fused-ring (bicyclic) bond motifs is 5. The third-order valence-electron chi connectivity index (χ3n) is 11.0. The van der Waals surface area contributed by atoms with Crippen LogP contribution in [-0.4, -0.2) is 77.4 Å². The number of carbonyl (C=O) groups excluding carboxylic acids is 2. The topological polar surface area (TPSA) is 93.7 Å². The maximum absolute atomic E-state index is 16.9. The standard InChI is InChI=1S/C43H44BrF5N4O6/c1-22-33(43(47,48)49)29(18-31(35(22)45)51(19-24-8-13-27(56-6)14-9-24)20-25-10-15-28(57-7)16-11-25)37-36(46)34(44)32-39(50-37)58-23(2)38-30-17-12-26(21-52(38)40(32)54)53(30)41(55)59-42(3,4)5/h8-11,13-16,18,23,26,30,38H,12,17,19-21H2,1-7H3/t23-,26+,30-,38+/m0/s1. The molecule has 3 aliphatic heterocycles. The molecular formula is C43H44BrF5N4O6. The lowest BCUT2D eigenvalue weighted by Crippen LogP contribution is -2.65. The third-order valence-corrected chi connectivity index (χ3v) is 11.8. The van der Waals surface area contributed by atoms with E-state index >= 15 is 22.0 Å². The number of aromatic nitrogens is 1. The Hall–Kier alpha value is -5.12. The van der Waals surface area contributed by atoms with Gasteiger partial charge in [0.05, 0.1) is 48.1 Å². The molecule has 59 heavy (non-hydrogen) atoms. The monoisotopic (exact) mass is 886 g/mol. The van der Waals surface area contributed by atoms with Gasteiger partial charge >= 0.3 is 12.3 Å². The van der Waals surface area contributed by atoms with E-state index in [1.807, 2.05) is 0 Å². The van der Waals surface area contributed by atoms with E-state index in [4.69, 9.17) is 18.9 Å². The average molecular weight is 888 g/mol. The number of carbonyl (C=O) groups is 2. The van der Waals surface area contributed by atoms with Gasteiger partial charge < -0.3 is 28.7 Å². The lowest BCUT2D eigenvalue weighted by molar-refractivity contribution is -0.137. The fraction of sp³-hybridized carbons (Fsp3) is 0.419. The molecule has 314 valence electrons. The van der Waals surface area contributed by atoms with Gasteiger partial charge in [-0.25, -0.2) is 18.6 Å². The second-order valence-electron chi connectivity index (χ2n) is 16.0. The number of rotatable bonds is 8. The predicted octanol–water partition coefficient (Wildman–Crippen LogP) is 9.71. The molecule has 1 aromatic heterocycles. The zero-order valence-electron chi connectivity index (χ0n) is 33.5. The summed E-state index contributed by atoms with van der Waals surface area (Å²) in [6, 6.07) is 13.2. The van der Waals surface area contributed by atoms with Crippen LogP contribution in [0.25, 0.3) is 11.3 Å². The van der Waals surface area contributed by atoms with E-state index < -0.39 is 86.3 Å². The Kier molecular flexibility index (Phi) is 11.3. The lowest BCUT2D eigenvalue weighted by atomic mass is 9.95. The fourth-order valence-corrected chi connectivity index (χ4v) is 8.93. The minimum Gasteiger partial charge on any atom is -0.497 e. The number of nitrogens with zero attached hydrogens (tertiary/aromatic N) is 4. The van der Waals surface area contributed by atoms with Gasteiger partial charge in [0.25, 0.3) is 5.91 Å². The van der Waals surface area contributed by atoms with Crippen LogP contribution in [0.1, 0.15) is 73.1 Å². The van der Waals surface area contributed by atoms with E-state index in [-0.39, 0.29) is 36.9 Å². The minimum absolute atomic E-state index is 0.0375. The molecule has 10 nitrogen and oxygen atoms in total. The van der Waals surface area contributed by atoms with Gasteiger partial charge in [-0.15, -0.1) is 0 Å². The summed E-state index contributed by atoms with van der Waals surface area (Å²) in [5.41, 5.74) is -3.69. The number of amides is 2. The van der Waals surface area contributed by atoms with Crippen LogP contribution in [0.2, 0.25) is 0 Å². The smallest absolute Gasteiger partial charge is 0.417 e. The first-order chi connectivity index (χ1) is 27.8. The molecule has 4 heterocycles. The molecule has 3 aromatic carbocycles. The SMILES string of the molecule is COc1ccc(CN(Cc2ccc(OC)cc2)c2cc(-c3nc4c(c(Br)c3F)C(=O)N3C[C@H]5CC[C@@H]([C@H]3[C@H](C)O4)N5C(=O)OC(C)(C)C)c(C(F)(F)F)c(C)c2F)cc1. The van der Waals surface area contributed by atoms with Gasteiger partial charge in [0.15, 0.2) is 5.82 Å². The molecule has 0 saturated carbocycles. The number of halogens is 6. The Morgan fingerprint density at radius 2 is 1.53 bits per heavy atom. The van der Waals surface area contributed by atoms with E-state index in [1.165, 1.54) is 19.1 Å². The highest BCUT2D eigenvalue weighted by Crippen LogP contribution is 2.48. The summed E-state index contributed by atoms with van der Waals surface area (Å²) in [5, 5.41) is 0. The van der Waals surface area contributed by atoms with Crippen LogP contribution < -0.4 is 19.1 Å². The molecule has 0 N–H and O–H groups in total. The van der Waals surface area contributed by atoms with Crippen LogP contribution in [0.3, 0.4) is 0 Å². The van der Waals surface area contributed by atoms with E-state index in [0.717, 1.165) is 13.0 Å². The largest absolute Gasteiger partial charge is 0.497 e. The van der Waals surface area contributed by atoms with Crippen molar-refractivity contribution in [2.24, 2.45) is 0 Å². The van der Waals surface area contributed by atoms with Crippen molar-refractivity contribution in [2.45, 2.75) is 96.6 Å². The molecule has 2 amide bonds. The summed E-state index contributed by atoms with van der Waals surface area (Å²) < 4.78 is 101. The average Bonchev–Trinajstić information content (AvgIpc) is 3.43. The molecule has 0 aliphatic carbocycles. The Morgan fingerprint density at radius 1 is 0.949 bits per heavy atom. The third kappa shape index (κ3) is 7.99. The van der Waals surface area contributed by atoms with Crippen LogP contribution in [0.4, 0.5) is 32.4 Å². The van der Waals surface area contributed by atoms with Crippen molar-refractivity contribution in [1.82, 2.24) is 14.8 Å². The molecule has 2 fully saturated rings. The maximum Gasteiger partial charge on any atom is 0.417 e. The minimum atomic E-state index is -5.15. The number of methoxy groups -OCH3 is 2. The van der Waals surface area contributed by atoms with Gasteiger partial charge in [0, 0.05) is 25.2 Å². The van der Waals surface area contributed by atoms with Crippen molar-refractivity contribution in [3.05, 3.63) is 98.5 Å². The number of ether oxygens (including phenoxy) is 4. The van der Waals surface area contributed by atoms with Crippen LogP contribution >= 0.6 is 15.9 Å². The molecular weight excluding hydrogens is 843 g/mol. The molecule has 4 atom stereocenters. The van der Waals surface area contributed by atoms with E-state index in [0.29, 0.717) is 35.5 Å². The Morgan fingerprint density at radius 3 is 2.05 bits per heavy atom. The summed E-state index contributed by atoms with van der Waals surface area (Å²) in [7, 11) is 3.02. The van der Waals surface area contributed by atoms with Gasteiger partial charge in [-0.3, -0.25) is 9.69 Å². The number of piperazine rings is 1. The Bertz CT molecular complexity index is 2220. The number of hydrogen-bond donors (Lipinski definition) is 0. The first-order valence-electron chi connectivity index (χ1n) is 19.1. The highest BCUT2D eigenvalue weighted by Gasteiger charge is 2.55. The zero-order valence-corrected chi connectivity index (χ0v) is 35.1. The molecule has 3 aliphatic rings. The van der Waals surface area contributed by atoms with Crippen LogP contribution in [-0.2, 0) is 24.0 Å². The summed E-state index contributed by atoms with van der Waals surface area (Å²) >= 11 is 3.19. The molecule has 2 bridgehead atoms. The van der Waals surface area contributed by atoms with E-state index in [1.54, 1.807) is 86.0 Å². The Balaban J connectivity index is 1.35. The molecule has 2 saturated heterocycles. The summed E-state index contributed by atoms with van der Waals surface area (Å²) in [4.78, 5) is 36.8. The summed E-state index contributed by atoms with van der Waals surface area (Å²) in [6.45, 7) is 8.10. The second kappa shape index (κ2) is 15.8. The number of benzene rings is 3. The zero-order chi connectivity index (χ0) is 42.7. The lowest BCUT2D eigenvalue weighted by Gasteiger charge is -2.47. The number of alkyl halides is 3. The number of anilines is 1. The molecule has 7 rings (SSSR count). The molecule has 0 spiro atoms. The van der Waals surface area contributed by atoms with Gasteiger partial charge in [-0.1, -0.05) is 24.3 Å². The van der Waals surface area contributed by atoms with E-state index in [2.05, 4.69) is 20.9 Å². The van der Waals surface area contributed by atoms with Gasteiger partial charge in [-0.2, -0.15) is 13.2 Å². The van der Waals surface area contributed by atoms with Gasteiger partial charge in [0.2, 0.25) is 5.88 Å². The van der Waals surface area contributed by atoms with Gasteiger partial charge in [0.1, 0.15) is 40.3 Å². The van der Waals surface area contributed by atoms with Crippen molar-refractivity contribution < 1.29 is 50.5 Å². The van der Waals surface area contributed by atoms with Crippen molar-refractivity contribution in [3.8, 4) is 28.6 Å². The van der Waals surface area contributed by atoms with Crippen molar-refractivity contribution in [3.63, 3.8) is 0 Å². The van der Waals surface area contributed by atoms with Crippen molar-refractivity contribution in [2.75, 3.05) is 25.7 Å². The normalized spacial score (nSPS) is 20.1. The maximum atomic E-state index is 16.9. The van der Waals surface area contributed by atoms with Crippen LogP contribution in [0.15, 0.2) is 59.1 Å². The quantitative estimate of drug-likeness (QED) is 0.162. The summed E-state index contributed by atoms with van der Waals surface area (Å²) in [5.74, 6) is -2.32. The molecule has 0 unspecified atom stereocenters. The molecule has 16 heteroatoms. The van der Waals surface area contributed by atoms with E-state index in [9.17, 15) is 9.59 Å². The first kappa shape index (κ1) is 42.0. The number of hydrogen-bond acceptors (Lipinski definition) is 8. The van der Waals surface area contributed by atoms with Crippen LogP contribution in [0.5, 0.6) is 17.4 Å². The van der Waals surface area contributed by atoms with Crippen LogP contribution in [0, 0.1) is 18.6 Å².